The van der Waals surface area contributed by atoms with Crippen molar-refractivity contribution in [3.63, 3.8) is 0 Å². The summed E-state index contributed by atoms with van der Waals surface area (Å²) in [4.78, 5) is 25.3. The van der Waals surface area contributed by atoms with Crippen molar-refractivity contribution < 1.29 is 14.8 Å². The van der Waals surface area contributed by atoms with E-state index in [1.165, 1.54) is 12.3 Å². The number of nitro groups is 1. The normalized spacial score (nSPS) is 11.4. The van der Waals surface area contributed by atoms with Crippen LogP contribution in [0.3, 0.4) is 0 Å². The van der Waals surface area contributed by atoms with E-state index in [1.807, 2.05) is 13.8 Å². The fourth-order valence-electron chi connectivity index (χ4n) is 2.29. The second-order valence-corrected chi connectivity index (χ2v) is 5.71. The van der Waals surface area contributed by atoms with Crippen molar-refractivity contribution in [2.24, 2.45) is 0 Å². The summed E-state index contributed by atoms with van der Waals surface area (Å²) in [5.41, 5.74) is 0.264. The SMILES string of the molecule is CC(C)(CCC(=O)O)Nc1ccc([N+](=O)[O-])c2cnccc12. The molecule has 116 valence electrons. The molecule has 7 nitrogen and oxygen atoms in total. The van der Waals surface area contributed by atoms with Crippen LogP contribution in [-0.4, -0.2) is 26.5 Å². The van der Waals surface area contributed by atoms with Crippen LogP contribution in [0.15, 0.2) is 30.6 Å². The van der Waals surface area contributed by atoms with Gasteiger partial charge in [0.2, 0.25) is 0 Å². The van der Waals surface area contributed by atoms with Gasteiger partial charge in [0.1, 0.15) is 0 Å². The van der Waals surface area contributed by atoms with Crippen LogP contribution in [-0.2, 0) is 4.79 Å². The maximum atomic E-state index is 11.1. The van der Waals surface area contributed by atoms with Crippen LogP contribution in [0.2, 0.25) is 0 Å². The Morgan fingerprint density at radius 1 is 1.36 bits per heavy atom. The number of nitro benzene ring substituents is 1. The molecule has 0 aliphatic heterocycles. The number of anilines is 1. The standard InChI is InChI=1S/C15H17N3O4/c1-15(2,7-5-14(19)20)17-12-3-4-13(18(21)22)11-9-16-8-6-10(11)12/h3-4,6,8-9,17H,5,7H2,1-2H3,(H,19,20). The molecular weight excluding hydrogens is 286 g/mol. The van der Waals surface area contributed by atoms with E-state index in [-0.39, 0.29) is 12.1 Å². The summed E-state index contributed by atoms with van der Waals surface area (Å²) in [6.45, 7) is 3.79. The first-order chi connectivity index (χ1) is 10.3. The number of benzene rings is 1. The van der Waals surface area contributed by atoms with Gasteiger partial charge >= 0.3 is 5.97 Å². The van der Waals surface area contributed by atoms with Gasteiger partial charge in [0.15, 0.2) is 0 Å². The highest BCUT2D eigenvalue weighted by Crippen LogP contribution is 2.32. The van der Waals surface area contributed by atoms with E-state index in [0.29, 0.717) is 17.2 Å². The number of nitrogens with zero attached hydrogens (tertiary/aromatic N) is 2. The Morgan fingerprint density at radius 3 is 2.73 bits per heavy atom. The Bertz CT molecular complexity index is 728. The summed E-state index contributed by atoms with van der Waals surface area (Å²) < 4.78 is 0. The molecule has 22 heavy (non-hydrogen) atoms. The molecule has 1 aromatic heterocycles. The molecule has 0 aliphatic carbocycles. The van der Waals surface area contributed by atoms with Crippen LogP contribution in [0.1, 0.15) is 26.7 Å². The van der Waals surface area contributed by atoms with E-state index in [9.17, 15) is 14.9 Å². The molecule has 0 saturated carbocycles. The van der Waals surface area contributed by atoms with Crippen molar-refractivity contribution in [3.05, 3.63) is 40.7 Å². The molecule has 0 aliphatic rings. The smallest absolute Gasteiger partial charge is 0.303 e. The lowest BCUT2D eigenvalue weighted by Gasteiger charge is -2.27. The van der Waals surface area contributed by atoms with Gasteiger partial charge in [-0.25, -0.2) is 0 Å². The van der Waals surface area contributed by atoms with Gasteiger partial charge in [0, 0.05) is 41.5 Å². The van der Waals surface area contributed by atoms with Crippen LogP contribution >= 0.6 is 0 Å². The van der Waals surface area contributed by atoms with Gasteiger partial charge in [-0.3, -0.25) is 19.9 Å². The average molecular weight is 303 g/mol. The summed E-state index contributed by atoms with van der Waals surface area (Å²) in [5.74, 6) is -0.854. The summed E-state index contributed by atoms with van der Waals surface area (Å²) in [6.07, 6.45) is 3.52. The molecule has 0 atom stereocenters. The molecule has 2 rings (SSSR count). The van der Waals surface area contributed by atoms with Gasteiger partial charge in [-0.15, -0.1) is 0 Å². The molecule has 0 radical (unpaired) electrons. The van der Waals surface area contributed by atoms with Crippen LogP contribution < -0.4 is 5.32 Å². The highest BCUT2D eigenvalue weighted by molar-refractivity contribution is 5.99. The minimum atomic E-state index is -0.854. The van der Waals surface area contributed by atoms with Crippen LogP contribution in [0.25, 0.3) is 10.8 Å². The third-order valence-electron chi connectivity index (χ3n) is 3.43. The second-order valence-electron chi connectivity index (χ2n) is 5.71. The number of aliphatic carboxylic acids is 1. The monoisotopic (exact) mass is 303 g/mol. The lowest BCUT2D eigenvalue weighted by Crippen LogP contribution is -2.31. The number of carboxylic acids is 1. The minimum absolute atomic E-state index is 0.00279. The lowest BCUT2D eigenvalue weighted by molar-refractivity contribution is -0.383. The van der Waals surface area contributed by atoms with Crippen molar-refractivity contribution in [2.75, 3.05) is 5.32 Å². The summed E-state index contributed by atoms with van der Waals surface area (Å²) in [6, 6.07) is 4.78. The Kier molecular flexibility index (Phi) is 4.25. The van der Waals surface area contributed by atoms with Crippen molar-refractivity contribution in [2.45, 2.75) is 32.2 Å². The van der Waals surface area contributed by atoms with Crippen molar-refractivity contribution in [1.82, 2.24) is 4.98 Å². The molecule has 0 bridgehead atoms. The molecule has 0 amide bonds. The number of rotatable bonds is 6. The van der Waals surface area contributed by atoms with Gasteiger partial charge in [-0.2, -0.15) is 0 Å². The molecule has 1 aromatic carbocycles. The number of non-ortho nitro benzene ring substituents is 1. The first-order valence-electron chi connectivity index (χ1n) is 6.81. The number of carboxylic acid groups (broad SMARTS) is 1. The third kappa shape index (κ3) is 3.49. The second kappa shape index (κ2) is 5.97. The molecule has 2 N–H and O–H groups in total. The van der Waals surface area contributed by atoms with E-state index in [2.05, 4.69) is 10.3 Å². The first-order valence-corrected chi connectivity index (χ1v) is 6.81. The number of hydrogen-bond acceptors (Lipinski definition) is 5. The molecule has 1 heterocycles. The summed E-state index contributed by atoms with van der Waals surface area (Å²) in [7, 11) is 0. The quantitative estimate of drug-likeness (QED) is 0.627. The van der Waals surface area contributed by atoms with Crippen molar-refractivity contribution >= 4 is 28.1 Å². The fraction of sp³-hybridized carbons (Fsp3) is 0.333. The van der Waals surface area contributed by atoms with E-state index in [1.54, 1.807) is 18.3 Å². The van der Waals surface area contributed by atoms with Crippen LogP contribution in [0.4, 0.5) is 11.4 Å². The predicted molar refractivity (Wildman–Crippen MR) is 83.0 cm³/mol. The van der Waals surface area contributed by atoms with E-state index >= 15 is 0 Å². The number of hydrogen-bond donors (Lipinski definition) is 2. The number of carbonyl (C=O) groups is 1. The maximum Gasteiger partial charge on any atom is 0.303 e. The highest BCUT2D eigenvalue weighted by Gasteiger charge is 2.21. The zero-order valence-corrected chi connectivity index (χ0v) is 12.4. The molecule has 0 unspecified atom stereocenters. The number of fused-ring (bicyclic) bond motifs is 1. The Labute approximate surface area is 127 Å². The zero-order valence-electron chi connectivity index (χ0n) is 12.4. The fourth-order valence-corrected chi connectivity index (χ4v) is 2.29. The Morgan fingerprint density at radius 2 is 2.09 bits per heavy atom. The van der Waals surface area contributed by atoms with E-state index in [0.717, 1.165) is 5.69 Å². The third-order valence-corrected chi connectivity index (χ3v) is 3.43. The molecule has 0 saturated heterocycles. The molecule has 2 aromatic rings. The van der Waals surface area contributed by atoms with Crippen molar-refractivity contribution in [3.8, 4) is 0 Å². The molecule has 0 fully saturated rings. The van der Waals surface area contributed by atoms with Gasteiger partial charge in [0.05, 0.1) is 10.3 Å². The van der Waals surface area contributed by atoms with Gasteiger partial charge in [-0.05, 0) is 32.4 Å². The lowest BCUT2D eigenvalue weighted by atomic mass is 9.97. The maximum absolute atomic E-state index is 11.1. The molecule has 7 heteroatoms. The summed E-state index contributed by atoms with van der Waals surface area (Å²) in [5, 5.41) is 24.3. The number of pyridine rings is 1. The minimum Gasteiger partial charge on any atom is -0.481 e. The van der Waals surface area contributed by atoms with Gasteiger partial charge in [-0.1, -0.05) is 0 Å². The van der Waals surface area contributed by atoms with Crippen LogP contribution in [0.5, 0.6) is 0 Å². The zero-order chi connectivity index (χ0) is 16.3. The van der Waals surface area contributed by atoms with Crippen molar-refractivity contribution in [1.29, 1.82) is 0 Å². The number of nitrogens with one attached hydrogen (secondary N) is 1. The summed E-state index contributed by atoms with van der Waals surface area (Å²) >= 11 is 0. The first kappa shape index (κ1) is 15.7. The van der Waals surface area contributed by atoms with E-state index in [4.69, 9.17) is 5.11 Å². The highest BCUT2D eigenvalue weighted by atomic mass is 16.6. The number of aromatic nitrogens is 1. The Balaban J connectivity index is 2.38. The predicted octanol–water partition coefficient (Wildman–Crippen LogP) is 3.20. The largest absolute Gasteiger partial charge is 0.481 e. The van der Waals surface area contributed by atoms with Gasteiger partial charge in [0.25, 0.3) is 5.69 Å². The Hall–Kier alpha value is -2.70. The van der Waals surface area contributed by atoms with Crippen LogP contribution in [0, 0.1) is 10.1 Å². The van der Waals surface area contributed by atoms with E-state index < -0.39 is 16.4 Å². The molecule has 0 spiro atoms. The van der Waals surface area contributed by atoms with Gasteiger partial charge < -0.3 is 10.4 Å². The molecular formula is C15H17N3O4. The topological polar surface area (TPSA) is 105 Å². The average Bonchev–Trinajstić information content (AvgIpc) is 2.45.